The van der Waals surface area contributed by atoms with Crippen LogP contribution in [0.5, 0.6) is 5.75 Å². The molecule has 0 aromatic heterocycles. The van der Waals surface area contributed by atoms with E-state index in [1.807, 2.05) is 20.8 Å². The van der Waals surface area contributed by atoms with Gasteiger partial charge in [-0.25, -0.2) is 0 Å². The highest BCUT2D eigenvalue weighted by Gasteiger charge is 2.08. The fourth-order valence-corrected chi connectivity index (χ4v) is 1.67. The van der Waals surface area contributed by atoms with Crippen LogP contribution in [0.2, 0.25) is 0 Å². The number of hydrogen-bond donors (Lipinski definition) is 2. The molecule has 112 valence electrons. The molecule has 20 heavy (non-hydrogen) atoms. The molecule has 1 rings (SSSR count). The number of nitrogen functional groups attached to an aromatic ring is 1. The van der Waals surface area contributed by atoms with Crippen molar-refractivity contribution in [1.82, 2.24) is 5.32 Å². The predicted octanol–water partition coefficient (Wildman–Crippen LogP) is 2.21. The van der Waals surface area contributed by atoms with Crippen LogP contribution in [0.15, 0.2) is 18.2 Å². The van der Waals surface area contributed by atoms with Gasteiger partial charge >= 0.3 is 0 Å². The van der Waals surface area contributed by atoms with Crippen LogP contribution in [0.1, 0.15) is 37.6 Å². The molecule has 5 heteroatoms. The summed E-state index contributed by atoms with van der Waals surface area (Å²) < 4.78 is 10.7. The first kappa shape index (κ1) is 16.3. The summed E-state index contributed by atoms with van der Waals surface area (Å²) in [6, 6.07) is 5.06. The number of rotatable bonds is 8. The van der Waals surface area contributed by atoms with E-state index in [-0.39, 0.29) is 12.0 Å². The van der Waals surface area contributed by atoms with Gasteiger partial charge in [-0.3, -0.25) is 4.79 Å². The molecule has 0 saturated heterocycles. The first-order valence-electron chi connectivity index (χ1n) is 6.96. The van der Waals surface area contributed by atoms with Gasteiger partial charge in [-0.2, -0.15) is 0 Å². The van der Waals surface area contributed by atoms with Gasteiger partial charge in [0.05, 0.1) is 18.4 Å². The number of carbonyl (C=O) groups is 1. The molecule has 0 aliphatic carbocycles. The van der Waals surface area contributed by atoms with Crippen molar-refractivity contribution in [3.05, 3.63) is 23.8 Å². The number of amides is 1. The van der Waals surface area contributed by atoms with Crippen LogP contribution in [0.25, 0.3) is 0 Å². The molecule has 3 N–H and O–H groups in total. The van der Waals surface area contributed by atoms with Crippen LogP contribution in [-0.4, -0.2) is 31.8 Å². The Bertz CT molecular complexity index is 433. The number of nitrogens with one attached hydrogen (secondary N) is 1. The van der Waals surface area contributed by atoms with Crippen LogP contribution in [0.4, 0.5) is 5.69 Å². The van der Waals surface area contributed by atoms with E-state index in [1.54, 1.807) is 18.2 Å². The number of benzene rings is 1. The molecule has 0 aliphatic rings. The lowest BCUT2D eigenvalue weighted by atomic mass is 10.1. The fraction of sp³-hybridized carbons (Fsp3) is 0.533. The number of ether oxygens (including phenoxy) is 2. The summed E-state index contributed by atoms with van der Waals surface area (Å²) >= 11 is 0. The Morgan fingerprint density at radius 2 is 2.15 bits per heavy atom. The third-order valence-corrected chi connectivity index (χ3v) is 2.63. The molecular weight excluding hydrogens is 256 g/mol. The average Bonchev–Trinajstić information content (AvgIpc) is 2.40. The monoisotopic (exact) mass is 280 g/mol. The van der Waals surface area contributed by atoms with Crippen LogP contribution in [0.3, 0.4) is 0 Å². The molecule has 0 heterocycles. The van der Waals surface area contributed by atoms with E-state index >= 15 is 0 Å². The molecular formula is C15H24N2O3. The lowest BCUT2D eigenvalue weighted by Gasteiger charge is -2.10. The molecule has 1 aromatic rings. The molecule has 0 bridgehead atoms. The first-order valence-corrected chi connectivity index (χ1v) is 6.96. The van der Waals surface area contributed by atoms with Crippen molar-refractivity contribution in [2.45, 2.75) is 33.3 Å². The number of nitrogens with two attached hydrogens (primary N) is 1. The van der Waals surface area contributed by atoms with Crippen molar-refractivity contribution >= 4 is 11.6 Å². The minimum absolute atomic E-state index is 0.135. The summed E-state index contributed by atoms with van der Waals surface area (Å²) in [5, 5.41) is 2.84. The zero-order valence-electron chi connectivity index (χ0n) is 12.4. The Morgan fingerprint density at radius 3 is 2.75 bits per heavy atom. The van der Waals surface area contributed by atoms with E-state index in [0.717, 1.165) is 6.42 Å². The van der Waals surface area contributed by atoms with Crippen LogP contribution >= 0.6 is 0 Å². The number of anilines is 1. The minimum Gasteiger partial charge on any atom is -0.492 e. The zero-order valence-corrected chi connectivity index (χ0v) is 12.4. The smallest absolute Gasteiger partial charge is 0.251 e. The molecule has 0 unspecified atom stereocenters. The summed E-state index contributed by atoms with van der Waals surface area (Å²) in [5.41, 5.74) is 6.84. The van der Waals surface area contributed by atoms with E-state index < -0.39 is 0 Å². The molecule has 5 nitrogen and oxygen atoms in total. The Balaban J connectivity index is 2.41. The summed E-state index contributed by atoms with van der Waals surface area (Å²) in [6.45, 7) is 7.63. The SMILES string of the molecule is CCOc1ccc(C(=O)NCCCOC(C)C)cc1N. The largest absolute Gasteiger partial charge is 0.492 e. The van der Waals surface area contributed by atoms with Crippen LogP contribution in [0, 0.1) is 0 Å². The second kappa shape index (κ2) is 8.43. The predicted molar refractivity (Wildman–Crippen MR) is 80.1 cm³/mol. The van der Waals surface area contributed by atoms with Gasteiger partial charge in [0.15, 0.2) is 0 Å². The van der Waals surface area contributed by atoms with Gasteiger partial charge in [0, 0.05) is 18.7 Å². The second-order valence-electron chi connectivity index (χ2n) is 4.71. The quantitative estimate of drug-likeness (QED) is 0.565. The van der Waals surface area contributed by atoms with Crippen molar-refractivity contribution in [1.29, 1.82) is 0 Å². The molecule has 1 amide bonds. The molecule has 0 atom stereocenters. The lowest BCUT2D eigenvalue weighted by Crippen LogP contribution is -2.25. The van der Waals surface area contributed by atoms with Gasteiger partial charge < -0.3 is 20.5 Å². The molecule has 1 aromatic carbocycles. The Labute approximate surface area is 120 Å². The molecule has 0 saturated carbocycles. The average molecular weight is 280 g/mol. The molecule has 0 spiro atoms. The van der Waals surface area contributed by atoms with Gasteiger partial charge in [-0.1, -0.05) is 0 Å². The molecule has 0 radical (unpaired) electrons. The third kappa shape index (κ3) is 5.48. The molecule has 0 fully saturated rings. The van der Waals surface area contributed by atoms with E-state index in [2.05, 4.69) is 5.32 Å². The van der Waals surface area contributed by atoms with Crippen molar-refractivity contribution in [3.63, 3.8) is 0 Å². The summed E-state index contributed by atoms with van der Waals surface area (Å²) in [7, 11) is 0. The van der Waals surface area contributed by atoms with E-state index in [1.165, 1.54) is 0 Å². The zero-order chi connectivity index (χ0) is 15.0. The Kier molecular flexibility index (Phi) is 6.87. The second-order valence-corrected chi connectivity index (χ2v) is 4.71. The first-order chi connectivity index (χ1) is 9.54. The minimum atomic E-state index is -0.135. The topological polar surface area (TPSA) is 73.6 Å². The Hall–Kier alpha value is -1.75. The van der Waals surface area contributed by atoms with E-state index in [9.17, 15) is 4.79 Å². The Morgan fingerprint density at radius 1 is 1.40 bits per heavy atom. The maximum atomic E-state index is 11.9. The highest BCUT2D eigenvalue weighted by atomic mass is 16.5. The maximum absolute atomic E-state index is 11.9. The normalized spacial score (nSPS) is 10.6. The van der Waals surface area contributed by atoms with E-state index in [4.69, 9.17) is 15.2 Å². The van der Waals surface area contributed by atoms with Gasteiger partial charge in [-0.05, 0) is 45.4 Å². The van der Waals surface area contributed by atoms with Crippen molar-refractivity contribution in [2.24, 2.45) is 0 Å². The standard InChI is InChI=1S/C15H24N2O3/c1-4-19-14-7-6-12(10-13(14)16)15(18)17-8-5-9-20-11(2)3/h6-7,10-11H,4-5,8-9,16H2,1-3H3,(H,17,18). The summed E-state index contributed by atoms with van der Waals surface area (Å²) in [4.78, 5) is 11.9. The van der Waals surface area contributed by atoms with Crippen LogP contribution in [-0.2, 0) is 4.74 Å². The summed E-state index contributed by atoms with van der Waals surface area (Å²) in [5.74, 6) is 0.471. The van der Waals surface area contributed by atoms with Crippen molar-refractivity contribution < 1.29 is 14.3 Å². The van der Waals surface area contributed by atoms with Crippen LogP contribution < -0.4 is 15.8 Å². The van der Waals surface area contributed by atoms with Crippen molar-refractivity contribution in [2.75, 3.05) is 25.5 Å². The van der Waals surface area contributed by atoms with Gasteiger partial charge in [-0.15, -0.1) is 0 Å². The highest BCUT2D eigenvalue weighted by molar-refractivity contribution is 5.95. The number of carbonyl (C=O) groups excluding carboxylic acids is 1. The maximum Gasteiger partial charge on any atom is 0.251 e. The van der Waals surface area contributed by atoms with Gasteiger partial charge in [0.1, 0.15) is 5.75 Å². The van der Waals surface area contributed by atoms with E-state index in [0.29, 0.717) is 36.8 Å². The summed E-state index contributed by atoms with van der Waals surface area (Å²) in [6.07, 6.45) is 1.01. The van der Waals surface area contributed by atoms with Crippen molar-refractivity contribution in [3.8, 4) is 5.75 Å². The fourth-order valence-electron chi connectivity index (χ4n) is 1.67. The molecule has 0 aliphatic heterocycles. The number of hydrogen-bond acceptors (Lipinski definition) is 4. The van der Waals surface area contributed by atoms with Gasteiger partial charge in [0.2, 0.25) is 0 Å². The third-order valence-electron chi connectivity index (χ3n) is 2.63. The lowest BCUT2D eigenvalue weighted by molar-refractivity contribution is 0.0757. The highest BCUT2D eigenvalue weighted by Crippen LogP contribution is 2.22. The van der Waals surface area contributed by atoms with Gasteiger partial charge in [0.25, 0.3) is 5.91 Å².